The number of nitrogens with zero attached hydrogens (tertiary/aromatic N) is 1. The number of hydrogen-bond donors (Lipinski definition) is 2. The summed E-state index contributed by atoms with van der Waals surface area (Å²) in [5.74, 6) is 1.11. The van der Waals surface area contributed by atoms with E-state index in [1.165, 1.54) is 11.1 Å². The van der Waals surface area contributed by atoms with E-state index in [4.69, 9.17) is 5.73 Å². The van der Waals surface area contributed by atoms with Gasteiger partial charge >= 0.3 is 0 Å². The second-order valence-corrected chi connectivity index (χ2v) is 4.72. The number of hydrogen-bond acceptors (Lipinski definition) is 3. The average Bonchev–Trinajstić information content (AvgIpc) is 2.37. The molecule has 2 rings (SSSR count). The SMILES string of the molecule is CC(C)c1ccc(CNc2ccnc(N)c2)cc1. The van der Waals surface area contributed by atoms with Crippen LogP contribution in [0.5, 0.6) is 0 Å². The third-order valence-corrected chi connectivity index (χ3v) is 2.92. The standard InChI is InChI=1S/C15H19N3/c1-11(2)13-5-3-12(4-6-13)10-18-14-7-8-17-15(16)9-14/h3-9,11H,10H2,1-2H3,(H3,16,17,18). The molecule has 0 saturated carbocycles. The number of anilines is 2. The number of nitrogen functional groups attached to an aromatic ring is 1. The maximum absolute atomic E-state index is 5.63. The van der Waals surface area contributed by atoms with Gasteiger partial charge in [-0.15, -0.1) is 0 Å². The number of nitrogens with one attached hydrogen (secondary N) is 1. The molecule has 0 bridgehead atoms. The van der Waals surface area contributed by atoms with Gasteiger partial charge in [-0.1, -0.05) is 38.1 Å². The fraction of sp³-hybridized carbons (Fsp3) is 0.267. The van der Waals surface area contributed by atoms with Crippen molar-refractivity contribution in [3.63, 3.8) is 0 Å². The molecule has 0 aliphatic heterocycles. The number of aromatic nitrogens is 1. The Bertz CT molecular complexity index is 503. The van der Waals surface area contributed by atoms with Crippen molar-refractivity contribution in [3.8, 4) is 0 Å². The van der Waals surface area contributed by atoms with Gasteiger partial charge in [0.15, 0.2) is 0 Å². The van der Waals surface area contributed by atoms with Crippen LogP contribution >= 0.6 is 0 Å². The molecule has 0 spiro atoms. The first kappa shape index (κ1) is 12.4. The normalized spacial score (nSPS) is 10.6. The van der Waals surface area contributed by atoms with Gasteiger partial charge in [-0.05, 0) is 23.1 Å². The molecule has 1 aromatic carbocycles. The van der Waals surface area contributed by atoms with E-state index in [0.717, 1.165) is 12.2 Å². The predicted octanol–water partition coefficient (Wildman–Crippen LogP) is 3.40. The third-order valence-electron chi connectivity index (χ3n) is 2.92. The molecule has 94 valence electrons. The van der Waals surface area contributed by atoms with Crippen LogP contribution in [0.25, 0.3) is 0 Å². The smallest absolute Gasteiger partial charge is 0.125 e. The van der Waals surface area contributed by atoms with E-state index in [1.54, 1.807) is 6.20 Å². The molecule has 0 amide bonds. The van der Waals surface area contributed by atoms with Gasteiger partial charge in [0.2, 0.25) is 0 Å². The minimum Gasteiger partial charge on any atom is -0.384 e. The van der Waals surface area contributed by atoms with Gasteiger partial charge in [0.25, 0.3) is 0 Å². The fourth-order valence-corrected chi connectivity index (χ4v) is 1.78. The quantitative estimate of drug-likeness (QED) is 0.862. The summed E-state index contributed by atoms with van der Waals surface area (Å²) >= 11 is 0. The van der Waals surface area contributed by atoms with Gasteiger partial charge in [-0.25, -0.2) is 4.98 Å². The van der Waals surface area contributed by atoms with Crippen molar-refractivity contribution < 1.29 is 0 Å². The van der Waals surface area contributed by atoms with Gasteiger partial charge < -0.3 is 11.1 Å². The summed E-state index contributed by atoms with van der Waals surface area (Å²) in [5.41, 5.74) is 9.25. The van der Waals surface area contributed by atoms with Crippen LogP contribution in [0.3, 0.4) is 0 Å². The summed E-state index contributed by atoms with van der Waals surface area (Å²) in [6, 6.07) is 12.4. The minimum atomic E-state index is 0.537. The highest BCUT2D eigenvalue weighted by atomic mass is 14.9. The molecule has 3 N–H and O–H groups in total. The first-order valence-corrected chi connectivity index (χ1v) is 6.19. The Morgan fingerprint density at radius 2 is 1.89 bits per heavy atom. The van der Waals surface area contributed by atoms with E-state index in [-0.39, 0.29) is 0 Å². The Morgan fingerprint density at radius 1 is 1.17 bits per heavy atom. The molecule has 0 radical (unpaired) electrons. The number of pyridine rings is 1. The van der Waals surface area contributed by atoms with Gasteiger partial charge in [0.1, 0.15) is 5.82 Å². The molecular weight excluding hydrogens is 222 g/mol. The number of benzene rings is 1. The van der Waals surface area contributed by atoms with Gasteiger partial charge in [0.05, 0.1) is 0 Å². The molecule has 0 unspecified atom stereocenters. The first-order valence-electron chi connectivity index (χ1n) is 6.19. The molecular formula is C15H19N3. The monoisotopic (exact) mass is 241 g/mol. The van der Waals surface area contributed by atoms with E-state index in [9.17, 15) is 0 Å². The fourth-order valence-electron chi connectivity index (χ4n) is 1.78. The third kappa shape index (κ3) is 3.23. The Labute approximate surface area is 108 Å². The molecule has 1 heterocycles. The largest absolute Gasteiger partial charge is 0.384 e. The lowest BCUT2D eigenvalue weighted by atomic mass is 10.0. The minimum absolute atomic E-state index is 0.537. The van der Waals surface area contributed by atoms with Gasteiger partial charge in [-0.3, -0.25) is 0 Å². The highest BCUT2D eigenvalue weighted by Gasteiger charge is 1.99. The summed E-state index contributed by atoms with van der Waals surface area (Å²) in [4.78, 5) is 3.96. The van der Waals surface area contributed by atoms with Crippen LogP contribution in [0.2, 0.25) is 0 Å². The Balaban J connectivity index is 1.98. The van der Waals surface area contributed by atoms with E-state index in [0.29, 0.717) is 11.7 Å². The van der Waals surface area contributed by atoms with Crippen LogP contribution in [0.1, 0.15) is 30.9 Å². The van der Waals surface area contributed by atoms with Crippen LogP contribution in [-0.2, 0) is 6.54 Å². The van der Waals surface area contributed by atoms with Crippen LogP contribution in [0.4, 0.5) is 11.5 Å². The summed E-state index contributed by atoms with van der Waals surface area (Å²) < 4.78 is 0. The van der Waals surface area contributed by atoms with E-state index >= 15 is 0 Å². The average molecular weight is 241 g/mol. The van der Waals surface area contributed by atoms with Crippen molar-refractivity contribution in [2.75, 3.05) is 11.1 Å². The lowest BCUT2D eigenvalue weighted by Crippen LogP contribution is -2.01. The Hall–Kier alpha value is -2.03. The van der Waals surface area contributed by atoms with Crippen molar-refractivity contribution in [1.82, 2.24) is 4.98 Å². The second-order valence-electron chi connectivity index (χ2n) is 4.72. The van der Waals surface area contributed by atoms with E-state index < -0.39 is 0 Å². The Morgan fingerprint density at radius 3 is 2.50 bits per heavy atom. The highest BCUT2D eigenvalue weighted by Crippen LogP contribution is 2.16. The van der Waals surface area contributed by atoms with Crippen LogP contribution in [-0.4, -0.2) is 4.98 Å². The molecule has 0 fully saturated rings. The molecule has 0 aliphatic carbocycles. The molecule has 2 aromatic rings. The topological polar surface area (TPSA) is 50.9 Å². The molecule has 3 nitrogen and oxygen atoms in total. The van der Waals surface area contributed by atoms with Crippen molar-refractivity contribution >= 4 is 11.5 Å². The molecule has 0 atom stereocenters. The summed E-state index contributed by atoms with van der Waals surface area (Å²) in [7, 11) is 0. The zero-order valence-electron chi connectivity index (χ0n) is 10.9. The van der Waals surface area contributed by atoms with E-state index in [1.807, 2.05) is 12.1 Å². The van der Waals surface area contributed by atoms with Gasteiger partial charge in [-0.2, -0.15) is 0 Å². The van der Waals surface area contributed by atoms with E-state index in [2.05, 4.69) is 48.4 Å². The van der Waals surface area contributed by atoms with Crippen LogP contribution in [0, 0.1) is 0 Å². The first-order chi connectivity index (χ1) is 8.65. The predicted molar refractivity (Wildman–Crippen MR) is 76.5 cm³/mol. The molecule has 0 aliphatic rings. The van der Waals surface area contributed by atoms with Crippen LogP contribution < -0.4 is 11.1 Å². The van der Waals surface area contributed by atoms with Gasteiger partial charge in [0, 0.05) is 24.5 Å². The maximum atomic E-state index is 5.63. The Kier molecular flexibility index (Phi) is 3.82. The van der Waals surface area contributed by atoms with Crippen molar-refractivity contribution in [3.05, 3.63) is 53.7 Å². The number of rotatable bonds is 4. The zero-order chi connectivity index (χ0) is 13.0. The molecule has 18 heavy (non-hydrogen) atoms. The molecule has 3 heteroatoms. The lowest BCUT2D eigenvalue weighted by Gasteiger charge is -2.09. The number of nitrogens with two attached hydrogens (primary N) is 1. The summed E-state index contributed by atoms with van der Waals surface area (Å²) in [5, 5.41) is 3.33. The highest BCUT2D eigenvalue weighted by molar-refractivity contribution is 5.49. The van der Waals surface area contributed by atoms with Crippen molar-refractivity contribution in [2.24, 2.45) is 0 Å². The lowest BCUT2D eigenvalue weighted by molar-refractivity contribution is 0.865. The van der Waals surface area contributed by atoms with Crippen molar-refractivity contribution in [2.45, 2.75) is 26.3 Å². The second kappa shape index (κ2) is 5.54. The summed E-state index contributed by atoms with van der Waals surface area (Å²) in [6.07, 6.45) is 1.71. The van der Waals surface area contributed by atoms with Crippen molar-refractivity contribution in [1.29, 1.82) is 0 Å². The van der Waals surface area contributed by atoms with Crippen LogP contribution in [0.15, 0.2) is 42.6 Å². The summed E-state index contributed by atoms with van der Waals surface area (Å²) in [6.45, 7) is 5.20. The maximum Gasteiger partial charge on any atom is 0.125 e. The zero-order valence-corrected chi connectivity index (χ0v) is 10.9. The molecule has 0 saturated heterocycles. The molecule has 1 aromatic heterocycles.